The van der Waals surface area contributed by atoms with E-state index in [-0.39, 0.29) is 24.7 Å². The van der Waals surface area contributed by atoms with Crippen LogP contribution in [-0.2, 0) is 6.54 Å². The number of anilines is 1. The SMILES string of the molecule is CCN(Cc1ccccc1)c1[c-]ccc(F)c1.[Li+]. The molecule has 0 saturated carbocycles. The molecule has 0 N–H and O–H groups in total. The summed E-state index contributed by atoms with van der Waals surface area (Å²) in [4.78, 5) is 2.10. The van der Waals surface area contributed by atoms with Crippen LogP contribution in [0, 0.1) is 11.9 Å². The molecule has 2 aromatic carbocycles. The van der Waals surface area contributed by atoms with Gasteiger partial charge >= 0.3 is 18.9 Å². The number of nitrogens with zero attached hydrogens (tertiary/aromatic N) is 1. The van der Waals surface area contributed by atoms with Crippen molar-refractivity contribution in [1.29, 1.82) is 0 Å². The minimum atomic E-state index is -0.217. The summed E-state index contributed by atoms with van der Waals surface area (Å²) in [7, 11) is 0. The molecule has 3 heteroatoms. The molecule has 0 fully saturated rings. The van der Waals surface area contributed by atoms with Crippen molar-refractivity contribution in [2.24, 2.45) is 0 Å². The largest absolute Gasteiger partial charge is 1.00 e. The Balaban J connectivity index is 0.00000162. The van der Waals surface area contributed by atoms with Gasteiger partial charge in [0.15, 0.2) is 0 Å². The molecule has 0 aliphatic rings. The molecule has 1 nitrogen and oxygen atoms in total. The van der Waals surface area contributed by atoms with E-state index in [9.17, 15) is 4.39 Å². The molecule has 0 aliphatic carbocycles. The number of halogens is 1. The van der Waals surface area contributed by atoms with Crippen LogP contribution in [0.25, 0.3) is 0 Å². The number of hydrogen-bond acceptors (Lipinski definition) is 1. The minimum absolute atomic E-state index is 0. The normalized spacial score (nSPS) is 9.67. The summed E-state index contributed by atoms with van der Waals surface area (Å²) in [5.74, 6) is -0.217. The summed E-state index contributed by atoms with van der Waals surface area (Å²) in [5, 5.41) is 0. The topological polar surface area (TPSA) is 3.24 Å². The maximum absolute atomic E-state index is 13.2. The second kappa shape index (κ2) is 7.26. The second-order valence-corrected chi connectivity index (χ2v) is 3.89. The second-order valence-electron chi connectivity index (χ2n) is 3.89. The van der Waals surface area contributed by atoms with Gasteiger partial charge in [-0.3, -0.25) is 0 Å². The van der Waals surface area contributed by atoms with E-state index >= 15 is 0 Å². The predicted molar refractivity (Wildman–Crippen MR) is 68.4 cm³/mol. The summed E-state index contributed by atoms with van der Waals surface area (Å²) in [6.45, 7) is 3.66. The van der Waals surface area contributed by atoms with E-state index in [4.69, 9.17) is 0 Å². The molecule has 0 aliphatic heterocycles. The number of hydrogen-bond donors (Lipinski definition) is 0. The van der Waals surface area contributed by atoms with E-state index in [2.05, 4.69) is 30.0 Å². The molecule has 18 heavy (non-hydrogen) atoms. The van der Waals surface area contributed by atoms with Gasteiger partial charge in [0.05, 0.1) is 0 Å². The van der Waals surface area contributed by atoms with Crippen LogP contribution in [0.2, 0.25) is 0 Å². The molecule has 2 rings (SSSR count). The standard InChI is InChI=1S/C15H15FN.Li/c1-2-17(12-13-7-4-3-5-8-13)15-10-6-9-14(16)11-15;/h3-9,11H,2,12H2,1H3;/q-1;+1. The van der Waals surface area contributed by atoms with Crippen LogP contribution in [0.4, 0.5) is 10.1 Å². The zero-order valence-corrected chi connectivity index (χ0v) is 10.9. The minimum Gasteiger partial charge on any atom is -0.390 e. The van der Waals surface area contributed by atoms with E-state index in [0.717, 1.165) is 18.8 Å². The van der Waals surface area contributed by atoms with Crippen LogP contribution in [0.1, 0.15) is 12.5 Å². The van der Waals surface area contributed by atoms with Crippen LogP contribution >= 0.6 is 0 Å². The Kier molecular flexibility index (Phi) is 5.98. The average Bonchev–Trinajstić information content (AvgIpc) is 2.37. The maximum atomic E-state index is 13.2. The van der Waals surface area contributed by atoms with E-state index in [0.29, 0.717) is 0 Å². The van der Waals surface area contributed by atoms with E-state index < -0.39 is 0 Å². The van der Waals surface area contributed by atoms with Gasteiger partial charge in [-0.05, 0) is 12.5 Å². The zero-order valence-electron chi connectivity index (χ0n) is 10.9. The van der Waals surface area contributed by atoms with Gasteiger partial charge in [0.1, 0.15) is 0 Å². The molecule has 2 aromatic rings. The van der Waals surface area contributed by atoms with Crippen molar-refractivity contribution in [1.82, 2.24) is 0 Å². The van der Waals surface area contributed by atoms with Crippen molar-refractivity contribution in [3.8, 4) is 0 Å². The molecule has 0 radical (unpaired) electrons. The average molecular weight is 235 g/mol. The van der Waals surface area contributed by atoms with Crippen LogP contribution in [0.15, 0.2) is 48.5 Å². The smallest absolute Gasteiger partial charge is 0.390 e. The van der Waals surface area contributed by atoms with Gasteiger partial charge in [0.2, 0.25) is 0 Å². The number of rotatable bonds is 4. The molecule has 0 unspecified atom stereocenters. The fraction of sp³-hybridized carbons (Fsp3) is 0.200. The fourth-order valence-corrected chi connectivity index (χ4v) is 1.78. The van der Waals surface area contributed by atoms with Gasteiger partial charge in [-0.25, -0.2) is 4.39 Å². The van der Waals surface area contributed by atoms with E-state index in [1.54, 1.807) is 6.07 Å². The Hall–Kier alpha value is -1.23. The van der Waals surface area contributed by atoms with Crippen molar-refractivity contribution in [3.05, 3.63) is 66.0 Å². The van der Waals surface area contributed by atoms with Gasteiger partial charge in [-0.2, -0.15) is 12.1 Å². The Morgan fingerprint density at radius 2 is 1.89 bits per heavy atom. The van der Waals surface area contributed by atoms with Crippen molar-refractivity contribution in [2.45, 2.75) is 13.5 Å². The summed E-state index contributed by atoms with van der Waals surface area (Å²) < 4.78 is 13.2. The first-order chi connectivity index (χ1) is 8.29. The molecule has 0 aromatic heterocycles. The summed E-state index contributed by atoms with van der Waals surface area (Å²) in [6, 6.07) is 17.8. The number of benzene rings is 2. The summed E-state index contributed by atoms with van der Waals surface area (Å²) in [5.41, 5.74) is 2.02. The van der Waals surface area contributed by atoms with E-state index in [1.807, 2.05) is 18.2 Å². The van der Waals surface area contributed by atoms with Crippen LogP contribution in [-0.4, -0.2) is 6.54 Å². The van der Waals surface area contributed by atoms with Crippen LogP contribution in [0.3, 0.4) is 0 Å². The predicted octanol–water partition coefficient (Wildman–Crippen LogP) is 0.656. The molecule has 88 valence electrons. The maximum Gasteiger partial charge on any atom is 1.00 e. The molecule has 0 heterocycles. The third kappa shape index (κ3) is 3.91. The molecule has 0 amide bonds. The zero-order chi connectivity index (χ0) is 12.1. The van der Waals surface area contributed by atoms with Gasteiger partial charge in [0.25, 0.3) is 0 Å². The Bertz CT molecular complexity index is 473. The van der Waals surface area contributed by atoms with E-state index in [1.165, 1.54) is 17.7 Å². The third-order valence-corrected chi connectivity index (χ3v) is 2.69. The molecular formula is C15H15FLiN. The Labute approximate surface area is 120 Å². The fourth-order valence-electron chi connectivity index (χ4n) is 1.78. The first kappa shape index (κ1) is 14.8. The summed E-state index contributed by atoms with van der Waals surface area (Å²) >= 11 is 0. The van der Waals surface area contributed by atoms with Crippen LogP contribution < -0.4 is 23.8 Å². The molecule has 0 spiro atoms. The van der Waals surface area contributed by atoms with Crippen molar-refractivity contribution < 1.29 is 23.3 Å². The van der Waals surface area contributed by atoms with Crippen molar-refractivity contribution in [2.75, 3.05) is 11.4 Å². The Morgan fingerprint density at radius 3 is 2.50 bits per heavy atom. The Morgan fingerprint density at radius 1 is 1.17 bits per heavy atom. The van der Waals surface area contributed by atoms with Gasteiger partial charge < -0.3 is 4.90 Å². The monoisotopic (exact) mass is 235 g/mol. The third-order valence-electron chi connectivity index (χ3n) is 2.69. The van der Waals surface area contributed by atoms with Crippen molar-refractivity contribution in [3.63, 3.8) is 0 Å². The summed E-state index contributed by atoms with van der Waals surface area (Å²) in [6.07, 6.45) is 0. The van der Waals surface area contributed by atoms with Crippen LogP contribution in [0.5, 0.6) is 0 Å². The first-order valence-corrected chi connectivity index (χ1v) is 5.75. The van der Waals surface area contributed by atoms with Gasteiger partial charge in [-0.15, -0.1) is 12.1 Å². The molecule has 0 saturated heterocycles. The van der Waals surface area contributed by atoms with Crippen molar-refractivity contribution >= 4 is 5.69 Å². The van der Waals surface area contributed by atoms with Gasteiger partial charge in [0, 0.05) is 18.9 Å². The quantitative estimate of drug-likeness (QED) is 0.556. The molecule has 0 bridgehead atoms. The molecule has 0 atom stereocenters. The first-order valence-electron chi connectivity index (χ1n) is 5.75. The molecular weight excluding hydrogens is 220 g/mol. The van der Waals surface area contributed by atoms with Gasteiger partial charge in [-0.1, -0.05) is 36.0 Å².